The fourth-order valence-corrected chi connectivity index (χ4v) is 3.70. The van der Waals surface area contributed by atoms with Crippen molar-refractivity contribution >= 4 is 30.4 Å². The summed E-state index contributed by atoms with van der Waals surface area (Å²) in [5, 5.41) is 0. The maximum atomic E-state index is 12.2. The smallest absolute Gasteiger partial charge is 0.338 e. The van der Waals surface area contributed by atoms with Crippen molar-refractivity contribution in [3.05, 3.63) is 71.8 Å². The summed E-state index contributed by atoms with van der Waals surface area (Å²) in [4.78, 5) is 4.21. The molecule has 0 aliphatic rings. The number of hydrogen-bond donors (Lipinski definition) is 2. The molecule has 6 nitrogen and oxygen atoms in total. The Morgan fingerprint density at radius 2 is 1.39 bits per heavy atom. The molecular weight excluding hydrogens is 441 g/mol. The number of rotatable bonds is 9. The number of hydrogen-bond acceptors (Lipinski definition) is 5. The fraction of sp³-hybridized carbons (Fsp3) is 0.350. The molecule has 2 aromatic carbocycles. The predicted octanol–water partition coefficient (Wildman–Crippen LogP) is 4.53. The highest BCUT2D eigenvalue weighted by molar-refractivity contribution is 8.93. The predicted molar refractivity (Wildman–Crippen MR) is 122 cm³/mol. The molecule has 0 aliphatic heterocycles. The van der Waals surface area contributed by atoms with Gasteiger partial charge in [-0.15, -0.1) is 17.0 Å². The monoisotopic (exact) mass is 471 g/mol. The number of nitrogens with zero attached hydrogens (tertiary/aromatic N) is 1. The molecule has 0 atom stereocenters. The molecule has 0 bridgehead atoms. The summed E-state index contributed by atoms with van der Waals surface area (Å²) >= 11 is 0. The van der Waals surface area contributed by atoms with Gasteiger partial charge in [0, 0.05) is 6.54 Å². The molecule has 156 valence electrons. The summed E-state index contributed by atoms with van der Waals surface area (Å²) in [7, 11) is -3.15. The normalized spacial score (nSPS) is 11.2. The van der Waals surface area contributed by atoms with Crippen LogP contribution in [-0.4, -0.2) is 25.2 Å². The van der Waals surface area contributed by atoms with Crippen molar-refractivity contribution in [3.63, 3.8) is 0 Å². The topological polar surface area (TPSA) is 99.9 Å². The third kappa shape index (κ3) is 11.4. The molecule has 0 spiro atoms. The van der Waals surface area contributed by atoms with Crippen LogP contribution >= 0.6 is 24.6 Å². The third-order valence-electron chi connectivity index (χ3n) is 3.39. The molecule has 2 rings (SSSR count). The highest BCUT2D eigenvalue weighted by Crippen LogP contribution is 2.47. The van der Waals surface area contributed by atoms with Gasteiger partial charge < -0.3 is 20.5 Å². The minimum Gasteiger partial charge on any atom is -0.387 e. The zero-order valence-electron chi connectivity index (χ0n) is 16.5. The van der Waals surface area contributed by atoms with Crippen molar-refractivity contribution in [1.82, 2.24) is 0 Å². The van der Waals surface area contributed by atoms with Gasteiger partial charge in [0.15, 0.2) is 0 Å². The van der Waals surface area contributed by atoms with Crippen LogP contribution in [0.1, 0.15) is 25.0 Å². The van der Waals surface area contributed by atoms with Crippen molar-refractivity contribution in [3.8, 4) is 0 Å². The molecule has 0 aliphatic carbocycles. The summed E-state index contributed by atoms with van der Waals surface area (Å²) in [6.45, 7) is 5.28. The van der Waals surface area contributed by atoms with Crippen molar-refractivity contribution in [2.45, 2.75) is 26.9 Å². The first-order chi connectivity index (χ1) is 13.0. The SMILES string of the molecule is Br.CCOP(=O)(CC(N)=NCc1ccccc1)OCC.NCc1ccccc1. The van der Waals surface area contributed by atoms with E-state index in [2.05, 4.69) is 4.99 Å². The van der Waals surface area contributed by atoms with E-state index in [1.54, 1.807) is 13.8 Å². The lowest BCUT2D eigenvalue weighted by Gasteiger charge is -2.16. The van der Waals surface area contributed by atoms with E-state index in [0.29, 0.717) is 26.3 Å². The van der Waals surface area contributed by atoms with E-state index in [-0.39, 0.29) is 29.0 Å². The van der Waals surface area contributed by atoms with Gasteiger partial charge in [-0.1, -0.05) is 60.7 Å². The zero-order valence-corrected chi connectivity index (χ0v) is 19.1. The van der Waals surface area contributed by atoms with Crippen LogP contribution in [0.3, 0.4) is 0 Å². The van der Waals surface area contributed by atoms with Gasteiger partial charge in [0.25, 0.3) is 0 Å². The van der Waals surface area contributed by atoms with Gasteiger partial charge in [0.1, 0.15) is 12.0 Å². The van der Waals surface area contributed by atoms with Crippen LogP contribution in [0.2, 0.25) is 0 Å². The van der Waals surface area contributed by atoms with Gasteiger partial charge in [-0.3, -0.25) is 9.56 Å². The first-order valence-corrected chi connectivity index (χ1v) is 10.7. The van der Waals surface area contributed by atoms with Gasteiger partial charge in [0.2, 0.25) is 0 Å². The molecular formula is C20H31BrN3O3P. The Kier molecular flexibility index (Phi) is 14.6. The summed E-state index contributed by atoms with van der Waals surface area (Å²) in [6.07, 6.45) is 0.0293. The Morgan fingerprint density at radius 1 is 0.929 bits per heavy atom. The van der Waals surface area contributed by atoms with E-state index in [1.165, 1.54) is 5.56 Å². The van der Waals surface area contributed by atoms with E-state index < -0.39 is 7.60 Å². The van der Waals surface area contributed by atoms with Crippen LogP contribution in [0.15, 0.2) is 65.7 Å². The maximum Gasteiger partial charge on any atom is 0.338 e. The summed E-state index contributed by atoms with van der Waals surface area (Å²) in [6, 6.07) is 19.7. The second-order valence-corrected chi connectivity index (χ2v) is 7.64. The molecule has 2 aromatic rings. The first kappa shape index (κ1) is 26.5. The van der Waals surface area contributed by atoms with Crippen LogP contribution in [0.25, 0.3) is 0 Å². The Hall–Kier alpha value is -1.50. The quantitative estimate of drug-likeness (QED) is 0.317. The Balaban J connectivity index is 0.000000678. The van der Waals surface area contributed by atoms with Crippen molar-refractivity contribution in [2.24, 2.45) is 16.5 Å². The number of benzene rings is 2. The number of aliphatic imine (C=N–C) groups is 1. The standard InChI is InChI=1S/C13H21N2O3P.C7H9N.BrH/c1-3-17-19(16,18-4-2)11-13(14)15-10-12-8-6-5-7-9-12;8-6-7-4-2-1-3-5-7;/h5-9H,3-4,10-11H2,1-2H3,(H2,14,15);1-5H,6,8H2;1H. The number of halogens is 1. The lowest BCUT2D eigenvalue weighted by atomic mass is 10.2. The van der Waals surface area contributed by atoms with E-state index in [9.17, 15) is 4.57 Å². The van der Waals surface area contributed by atoms with Gasteiger partial charge in [-0.25, -0.2) is 0 Å². The van der Waals surface area contributed by atoms with Crippen LogP contribution < -0.4 is 11.5 Å². The fourth-order valence-electron chi connectivity index (χ4n) is 2.16. The maximum absolute atomic E-state index is 12.2. The van der Waals surface area contributed by atoms with Gasteiger partial charge in [-0.2, -0.15) is 0 Å². The molecule has 8 heteroatoms. The summed E-state index contributed by atoms with van der Waals surface area (Å²) < 4.78 is 22.6. The minimum absolute atomic E-state index is 0. The van der Waals surface area contributed by atoms with Crippen LogP contribution in [0, 0.1) is 0 Å². The largest absolute Gasteiger partial charge is 0.387 e. The molecule has 4 N–H and O–H groups in total. The van der Waals surface area contributed by atoms with Crippen LogP contribution in [0.4, 0.5) is 0 Å². The van der Waals surface area contributed by atoms with E-state index in [4.69, 9.17) is 20.5 Å². The molecule has 0 fully saturated rings. The summed E-state index contributed by atoms with van der Waals surface area (Å²) in [5.74, 6) is 0.286. The molecule has 28 heavy (non-hydrogen) atoms. The average Bonchev–Trinajstić information content (AvgIpc) is 2.68. The highest BCUT2D eigenvalue weighted by atomic mass is 79.9. The Morgan fingerprint density at radius 3 is 1.79 bits per heavy atom. The van der Waals surface area contributed by atoms with E-state index in [0.717, 1.165) is 5.56 Å². The van der Waals surface area contributed by atoms with E-state index in [1.807, 2.05) is 60.7 Å². The van der Waals surface area contributed by atoms with Gasteiger partial charge in [-0.05, 0) is 25.0 Å². The molecule has 0 aromatic heterocycles. The number of nitrogens with two attached hydrogens (primary N) is 2. The molecule has 0 amide bonds. The third-order valence-corrected chi connectivity index (χ3v) is 5.41. The second kappa shape index (κ2) is 15.4. The molecule has 0 saturated carbocycles. The van der Waals surface area contributed by atoms with Crippen LogP contribution in [-0.2, 0) is 26.7 Å². The lowest BCUT2D eigenvalue weighted by Crippen LogP contribution is -2.19. The minimum atomic E-state index is -3.15. The Labute approximate surface area is 178 Å². The van der Waals surface area contributed by atoms with Crippen molar-refractivity contribution in [2.75, 3.05) is 19.4 Å². The zero-order chi connectivity index (χ0) is 20.0. The van der Waals surface area contributed by atoms with Crippen molar-refractivity contribution in [1.29, 1.82) is 0 Å². The molecule has 0 saturated heterocycles. The molecule has 0 heterocycles. The van der Waals surface area contributed by atoms with Gasteiger partial charge in [0.05, 0.1) is 19.8 Å². The molecule has 0 unspecified atom stereocenters. The summed E-state index contributed by atoms with van der Waals surface area (Å²) in [5.41, 5.74) is 13.4. The average molecular weight is 472 g/mol. The van der Waals surface area contributed by atoms with Gasteiger partial charge >= 0.3 is 7.60 Å². The van der Waals surface area contributed by atoms with Crippen molar-refractivity contribution < 1.29 is 13.6 Å². The molecule has 0 radical (unpaired) electrons. The Bertz CT molecular complexity index is 705. The first-order valence-electron chi connectivity index (χ1n) is 8.97. The highest BCUT2D eigenvalue weighted by Gasteiger charge is 2.24. The lowest BCUT2D eigenvalue weighted by molar-refractivity contribution is 0.223. The second-order valence-electron chi connectivity index (χ2n) is 5.59. The van der Waals surface area contributed by atoms with E-state index >= 15 is 0 Å². The van der Waals surface area contributed by atoms with Crippen LogP contribution in [0.5, 0.6) is 0 Å². The number of amidine groups is 1.